The molecule has 1 aromatic heterocycles. The molecule has 19 heavy (non-hydrogen) atoms. The highest BCUT2D eigenvalue weighted by Gasteiger charge is 2.23. The summed E-state index contributed by atoms with van der Waals surface area (Å²) >= 11 is 12.8. The van der Waals surface area contributed by atoms with Gasteiger partial charge in [-0.3, -0.25) is 0 Å². The number of rotatable bonds is 3. The van der Waals surface area contributed by atoms with Gasteiger partial charge in [0.1, 0.15) is 20.7 Å². The molecule has 2 aromatic rings. The normalized spacial score (nSPS) is 10.5. The van der Waals surface area contributed by atoms with Crippen molar-refractivity contribution >= 4 is 45.5 Å². The Morgan fingerprint density at radius 3 is 2.63 bits per heavy atom. The number of nitrogens with one attached hydrogen (secondary N) is 1. The van der Waals surface area contributed by atoms with E-state index in [0.717, 1.165) is 11.3 Å². The molecule has 2 rings (SSSR count). The van der Waals surface area contributed by atoms with E-state index in [1.165, 1.54) is 18.2 Å². The molecule has 0 amide bonds. The maximum absolute atomic E-state index is 13.5. The lowest BCUT2D eigenvalue weighted by Crippen LogP contribution is -2.01. The van der Waals surface area contributed by atoms with Crippen molar-refractivity contribution in [2.75, 3.05) is 12.4 Å². The lowest BCUT2D eigenvalue weighted by Gasteiger charge is -2.04. The molecule has 100 valence electrons. The topological polar surface area (TPSA) is 49.3 Å². The second-order valence-corrected chi connectivity index (χ2v) is 5.67. The van der Waals surface area contributed by atoms with Crippen molar-refractivity contribution in [2.45, 2.75) is 0 Å². The zero-order valence-corrected chi connectivity index (χ0v) is 12.0. The van der Waals surface area contributed by atoms with Gasteiger partial charge in [0.05, 0.1) is 5.02 Å². The minimum Gasteiger partial charge on any atom is -0.478 e. The average molecular weight is 320 g/mol. The van der Waals surface area contributed by atoms with Crippen LogP contribution in [-0.4, -0.2) is 18.1 Å². The molecule has 0 fully saturated rings. The lowest BCUT2D eigenvalue weighted by atomic mass is 10.0. The molecule has 0 saturated carbocycles. The summed E-state index contributed by atoms with van der Waals surface area (Å²) in [4.78, 5) is 11.3. The number of benzene rings is 1. The van der Waals surface area contributed by atoms with E-state index in [1.54, 1.807) is 7.05 Å². The predicted octanol–water partition coefficient (Wildman–Crippen LogP) is 4.60. The molecular formula is C12H8Cl2FNO2S. The Morgan fingerprint density at radius 2 is 2.11 bits per heavy atom. The zero-order chi connectivity index (χ0) is 14.2. The van der Waals surface area contributed by atoms with Crippen molar-refractivity contribution in [3.05, 3.63) is 38.9 Å². The first-order chi connectivity index (χ1) is 8.95. The van der Waals surface area contributed by atoms with Gasteiger partial charge in [-0.1, -0.05) is 29.3 Å². The van der Waals surface area contributed by atoms with E-state index in [-0.39, 0.29) is 14.9 Å². The summed E-state index contributed by atoms with van der Waals surface area (Å²) in [6.45, 7) is 0. The molecule has 3 nitrogen and oxygen atoms in total. The van der Waals surface area contributed by atoms with E-state index in [2.05, 4.69) is 5.32 Å². The standard InChI is InChI=1S/C12H8Cl2FNO2S/c1-16-11-9(12(17)18)8(10(14)19-11)5-2-3-6(13)7(15)4-5/h2-4,16H,1H3,(H,17,18). The molecule has 0 atom stereocenters. The summed E-state index contributed by atoms with van der Waals surface area (Å²) in [5.41, 5.74) is 0.695. The van der Waals surface area contributed by atoms with Crippen LogP contribution in [0.5, 0.6) is 0 Å². The van der Waals surface area contributed by atoms with Gasteiger partial charge in [0.15, 0.2) is 0 Å². The van der Waals surface area contributed by atoms with E-state index in [9.17, 15) is 14.3 Å². The SMILES string of the molecule is CNc1sc(Cl)c(-c2ccc(Cl)c(F)c2)c1C(=O)O. The summed E-state index contributed by atoms with van der Waals surface area (Å²) < 4.78 is 13.8. The highest BCUT2D eigenvalue weighted by Crippen LogP contribution is 2.43. The Kier molecular flexibility index (Phi) is 3.99. The van der Waals surface area contributed by atoms with Crippen LogP contribution < -0.4 is 5.32 Å². The molecule has 0 spiro atoms. The minimum absolute atomic E-state index is 0.0270. The first-order valence-electron chi connectivity index (χ1n) is 5.14. The number of carbonyl (C=O) groups is 1. The summed E-state index contributed by atoms with van der Waals surface area (Å²) in [5, 5.41) is 12.4. The van der Waals surface area contributed by atoms with Gasteiger partial charge in [-0.15, -0.1) is 11.3 Å². The Bertz CT molecular complexity index is 657. The molecule has 0 unspecified atom stereocenters. The third kappa shape index (κ3) is 2.54. The van der Waals surface area contributed by atoms with Crippen molar-refractivity contribution in [1.29, 1.82) is 0 Å². The van der Waals surface area contributed by atoms with Gasteiger partial charge in [-0.25, -0.2) is 9.18 Å². The molecule has 0 aliphatic rings. The molecule has 0 aliphatic carbocycles. The van der Waals surface area contributed by atoms with Crippen LogP contribution in [-0.2, 0) is 0 Å². The number of halogens is 3. The molecule has 1 heterocycles. The fourth-order valence-electron chi connectivity index (χ4n) is 1.69. The second kappa shape index (κ2) is 5.36. The highest BCUT2D eigenvalue weighted by molar-refractivity contribution is 7.21. The van der Waals surface area contributed by atoms with Gasteiger partial charge in [0, 0.05) is 12.6 Å². The Balaban J connectivity index is 2.70. The largest absolute Gasteiger partial charge is 0.478 e. The van der Waals surface area contributed by atoms with Gasteiger partial charge in [-0.2, -0.15) is 0 Å². The number of aromatic carboxylic acids is 1. The Labute approximate surface area is 122 Å². The number of hydrogen-bond acceptors (Lipinski definition) is 3. The smallest absolute Gasteiger partial charge is 0.339 e. The predicted molar refractivity (Wildman–Crippen MR) is 76.2 cm³/mol. The van der Waals surface area contributed by atoms with Crippen molar-refractivity contribution in [3.63, 3.8) is 0 Å². The molecule has 0 saturated heterocycles. The third-order valence-corrected chi connectivity index (χ3v) is 4.24. The van der Waals surface area contributed by atoms with Crippen molar-refractivity contribution in [3.8, 4) is 11.1 Å². The summed E-state index contributed by atoms with van der Waals surface area (Å²) in [5.74, 6) is -1.75. The lowest BCUT2D eigenvalue weighted by molar-refractivity contribution is 0.0699. The van der Waals surface area contributed by atoms with E-state index in [0.29, 0.717) is 16.1 Å². The summed E-state index contributed by atoms with van der Waals surface area (Å²) in [6, 6.07) is 4.07. The van der Waals surface area contributed by atoms with Crippen LogP contribution in [0.25, 0.3) is 11.1 Å². The van der Waals surface area contributed by atoms with E-state index in [4.69, 9.17) is 23.2 Å². The molecule has 7 heteroatoms. The van der Waals surface area contributed by atoms with Gasteiger partial charge in [0.25, 0.3) is 0 Å². The van der Waals surface area contributed by atoms with Gasteiger partial charge in [0.2, 0.25) is 0 Å². The highest BCUT2D eigenvalue weighted by atomic mass is 35.5. The summed E-state index contributed by atoms with van der Waals surface area (Å²) in [6.07, 6.45) is 0. The Hall–Kier alpha value is -1.30. The van der Waals surface area contributed by atoms with Gasteiger partial charge >= 0.3 is 5.97 Å². The first-order valence-corrected chi connectivity index (χ1v) is 6.71. The van der Waals surface area contributed by atoms with E-state index >= 15 is 0 Å². The summed E-state index contributed by atoms with van der Waals surface area (Å²) in [7, 11) is 1.60. The van der Waals surface area contributed by atoms with E-state index < -0.39 is 11.8 Å². The van der Waals surface area contributed by atoms with Gasteiger partial charge < -0.3 is 10.4 Å². The molecule has 0 radical (unpaired) electrons. The maximum atomic E-state index is 13.5. The van der Waals surface area contributed by atoms with Crippen LogP contribution in [0.2, 0.25) is 9.36 Å². The number of carboxylic acid groups (broad SMARTS) is 1. The number of anilines is 1. The minimum atomic E-state index is -1.13. The third-order valence-electron chi connectivity index (χ3n) is 2.51. The molecule has 2 N–H and O–H groups in total. The van der Waals surface area contributed by atoms with Crippen molar-refractivity contribution < 1.29 is 14.3 Å². The second-order valence-electron chi connectivity index (χ2n) is 3.64. The van der Waals surface area contributed by atoms with Crippen LogP contribution >= 0.6 is 34.5 Å². The first kappa shape index (κ1) is 14.1. The zero-order valence-electron chi connectivity index (χ0n) is 9.63. The van der Waals surface area contributed by atoms with Crippen LogP contribution in [0.1, 0.15) is 10.4 Å². The number of hydrogen-bond donors (Lipinski definition) is 2. The van der Waals surface area contributed by atoms with Crippen molar-refractivity contribution in [1.82, 2.24) is 0 Å². The van der Waals surface area contributed by atoms with Crippen molar-refractivity contribution in [2.24, 2.45) is 0 Å². The molecule has 0 aliphatic heterocycles. The monoisotopic (exact) mass is 319 g/mol. The van der Waals surface area contributed by atoms with Crippen LogP contribution in [0.4, 0.5) is 9.39 Å². The van der Waals surface area contributed by atoms with Crippen LogP contribution in [0.3, 0.4) is 0 Å². The fraction of sp³-hybridized carbons (Fsp3) is 0.0833. The fourth-order valence-corrected chi connectivity index (χ4v) is 3.14. The number of carboxylic acids is 1. The molecular weight excluding hydrogens is 312 g/mol. The average Bonchev–Trinajstić information content (AvgIpc) is 2.70. The molecule has 1 aromatic carbocycles. The molecule has 0 bridgehead atoms. The van der Waals surface area contributed by atoms with Crippen LogP contribution in [0.15, 0.2) is 18.2 Å². The Morgan fingerprint density at radius 1 is 1.42 bits per heavy atom. The van der Waals surface area contributed by atoms with Gasteiger partial charge in [-0.05, 0) is 17.7 Å². The quantitative estimate of drug-likeness (QED) is 0.869. The maximum Gasteiger partial charge on any atom is 0.339 e. The van der Waals surface area contributed by atoms with E-state index in [1.807, 2.05) is 0 Å². The van der Waals surface area contributed by atoms with Crippen LogP contribution in [0, 0.1) is 5.82 Å². The number of thiophene rings is 1.